The van der Waals surface area contributed by atoms with Gasteiger partial charge in [0.1, 0.15) is 0 Å². The summed E-state index contributed by atoms with van der Waals surface area (Å²) < 4.78 is 28.1. The Morgan fingerprint density at radius 2 is 1.84 bits per heavy atom. The molecule has 5 rings (SSSR count). The average Bonchev–Trinajstić information content (AvgIpc) is 2.94. The number of hydrogen-bond donors (Lipinski definition) is 2. The minimum atomic E-state index is -3.60. The second-order valence-electron chi connectivity index (χ2n) is 11.0. The molecule has 3 aromatic rings. The molecular formula is C30H32Cl2N4O6S. The number of hydroxylamine groups is 1. The van der Waals surface area contributed by atoms with E-state index in [9.17, 15) is 23.2 Å². The zero-order chi connectivity index (χ0) is 30.9. The van der Waals surface area contributed by atoms with Crippen molar-refractivity contribution in [3.63, 3.8) is 0 Å². The van der Waals surface area contributed by atoms with Crippen molar-refractivity contribution in [3.05, 3.63) is 104 Å². The van der Waals surface area contributed by atoms with Crippen molar-refractivity contribution >= 4 is 45.0 Å². The van der Waals surface area contributed by atoms with E-state index < -0.39 is 40.0 Å². The lowest BCUT2D eigenvalue weighted by Gasteiger charge is -2.49. The van der Waals surface area contributed by atoms with E-state index in [1.165, 1.54) is 6.20 Å². The van der Waals surface area contributed by atoms with E-state index in [4.69, 9.17) is 28.0 Å². The van der Waals surface area contributed by atoms with Crippen molar-refractivity contribution in [2.24, 2.45) is 0 Å². The number of hydrogen-bond acceptors (Lipinski definition) is 6. The standard InChI is InChI=1S/C30H32Cl2N4O6S/c1-18-11-13-20(35(39)16-18)17-42-33-29(37)27-21-7-3-4-8-22(21)30(38)36(28(27)23-14-12-19(31)15-24(23)32)26-10-6-5-9-25(26)34-43(2,40)41/h3-4,7-8,11-16,25-28,34H,5-6,9-10,17H2,1-2H3,(H,33,37)/t25-,26?,27+,28-/m0/s1. The van der Waals surface area contributed by atoms with Crippen LogP contribution in [0.15, 0.2) is 60.8 Å². The van der Waals surface area contributed by atoms with Crippen LogP contribution in [0.3, 0.4) is 0 Å². The third-order valence-corrected chi connectivity index (χ3v) is 9.22. The molecule has 2 aromatic carbocycles. The van der Waals surface area contributed by atoms with Crippen LogP contribution in [-0.2, 0) is 26.3 Å². The molecule has 10 nitrogen and oxygen atoms in total. The summed E-state index contributed by atoms with van der Waals surface area (Å²) in [6.45, 7) is 1.60. The topological polar surface area (TPSA) is 132 Å². The minimum absolute atomic E-state index is 0.193. The Morgan fingerprint density at radius 3 is 2.56 bits per heavy atom. The summed E-state index contributed by atoms with van der Waals surface area (Å²) in [6.07, 6.45) is 5.09. The van der Waals surface area contributed by atoms with Gasteiger partial charge in [-0.2, -0.15) is 4.73 Å². The molecule has 1 aliphatic carbocycles. The number of sulfonamides is 1. The summed E-state index contributed by atoms with van der Waals surface area (Å²) in [7, 11) is -3.60. The van der Waals surface area contributed by atoms with E-state index in [2.05, 4.69) is 10.2 Å². The highest BCUT2D eigenvalue weighted by molar-refractivity contribution is 7.88. The number of carbonyl (C=O) groups excluding carboxylic acids is 2. The van der Waals surface area contributed by atoms with Gasteiger partial charge in [-0.25, -0.2) is 18.6 Å². The SMILES string of the molecule is Cc1ccc(CONC(=O)[C@@H]2c3ccccc3C(=O)N(C3CCCC[C@@H]3NS(C)(=O)=O)[C@H]2c2ccc(Cl)cc2Cl)[n+]([O-])c1. The predicted octanol–water partition coefficient (Wildman–Crippen LogP) is 4.32. The number of nitrogens with zero attached hydrogens (tertiary/aromatic N) is 2. The van der Waals surface area contributed by atoms with Gasteiger partial charge in [0.25, 0.3) is 11.8 Å². The number of pyridine rings is 1. The van der Waals surface area contributed by atoms with E-state index in [1.54, 1.807) is 66.4 Å². The van der Waals surface area contributed by atoms with Crippen molar-refractivity contribution in [3.8, 4) is 0 Å². The second-order valence-corrected chi connectivity index (χ2v) is 13.6. The van der Waals surface area contributed by atoms with Crippen LogP contribution in [0, 0.1) is 12.1 Å². The van der Waals surface area contributed by atoms with E-state index in [-0.39, 0.29) is 17.5 Å². The van der Waals surface area contributed by atoms with E-state index in [0.717, 1.165) is 24.7 Å². The molecule has 13 heteroatoms. The molecule has 4 atom stereocenters. The highest BCUT2D eigenvalue weighted by Crippen LogP contribution is 2.47. The van der Waals surface area contributed by atoms with Gasteiger partial charge in [0.05, 0.1) is 18.2 Å². The van der Waals surface area contributed by atoms with Crippen LogP contribution < -0.4 is 14.9 Å². The summed E-state index contributed by atoms with van der Waals surface area (Å²) in [5.74, 6) is -1.89. The van der Waals surface area contributed by atoms with Crippen molar-refractivity contribution in [1.29, 1.82) is 0 Å². The van der Waals surface area contributed by atoms with Crippen LogP contribution in [-0.4, -0.2) is 43.5 Å². The Balaban J connectivity index is 1.58. The zero-order valence-electron chi connectivity index (χ0n) is 23.6. The smallest absolute Gasteiger partial charge is 0.255 e. The molecule has 1 aliphatic heterocycles. The Bertz CT molecular complexity index is 1650. The summed E-state index contributed by atoms with van der Waals surface area (Å²) >= 11 is 13.0. The number of benzene rings is 2. The fraction of sp³-hybridized carbons (Fsp3) is 0.367. The zero-order valence-corrected chi connectivity index (χ0v) is 26.0. The third-order valence-electron chi connectivity index (χ3n) is 7.93. The fourth-order valence-electron chi connectivity index (χ4n) is 6.10. The Hall–Kier alpha value is -3.22. The summed E-state index contributed by atoms with van der Waals surface area (Å²) in [5, 5.41) is 12.9. The lowest BCUT2D eigenvalue weighted by molar-refractivity contribution is -0.617. The molecule has 2 N–H and O–H groups in total. The molecule has 2 aliphatic rings. The van der Waals surface area contributed by atoms with Gasteiger partial charge in [-0.1, -0.05) is 60.3 Å². The molecule has 228 valence electrons. The van der Waals surface area contributed by atoms with Crippen LogP contribution in [0.5, 0.6) is 0 Å². The highest BCUT2D eigenvalue weighted by atomic mass is 35.5. The molecular weight excluding hydrogens is 615 g/mol. The number of aryl methyl sites for hydroxylation is 1. The first-order chi connectivity index (χ1) is 20.4. The first-order valence-electron chi connectivity index (χ1n) is 13.9. The summed E-state index contributed by atoms with van der Waals surface area (Å²) in [5.41, 5.74) is 4.84. The Kier molecular flexibility index (Phi) is 9.29. The number of carbonyl (C=O) groups is 2. The molecule has 2 amide bonds. The molecule has 1 fully saturated rings. The first-order valence-corrected chi connectivity index (χ1v) is 16.5. The van der Waals surface area contributed by atoms with Crippen LogP contribution in [0.2, 0.25) is 10.0 Å². The number of aromatic nitrogens is 1. The maximum Gasteiger partial charge on any atom is 0.255 e. The van der Waals surface area contributed by atoms with Gasteiger partial charge in [0.2, 0.25) is 15.7 Å². The molecule has 0 bridgehead atoms. The number of halogens is 2. The van der Waals surface area contributed by atoms with Crippen LogP contribution >= 0.6 is 23.2 Å². The minimum Gasteiger partial charge on any atom is -0.618 e. The number of rotatable bonds is 8. The number of fused-ring (bicyclic) bond motifs is 1. The largest absolute Gasteiger partial charge is 0.618 e. The van der Waals surface area contributed by atoms with E-state index >= 15 is 0 Å². The van der Waals surface area contributed by atoms with Crippen molar-refractivity contribution < 1.29 is 27.6 Å². The Labute approximate surface area is 260 Å². The molecule has 0 spiro atoms. The molecule has 2 heterocycles. The fourth-order valence-corrected chi connectivity index (χ4v) is 7.44. The van der Waals surface area contributed by atoms with Gasteiger partial charge in [-0.15, -0.1) is 0 Å². The highest BCUT2D eigenvalue weighted by Gasteiger charge is 2.49. The molecule has 0 radical (unpaired) electrons. The van der Waals surface area contributed by atoms with Gasteiger partial charge in [-0.3, -0.25) is 14.4 Å². The monoisotopic (exact) mass is 646 g/mol. The molecule has 1 aromatic heterocycles. The van der Waals surface area contributed by atoms with Crippen molar-refractivity contribution in [2.45, 2.75) is 63.3 Å². The van der Waals surface area contributed by atoms with E-state index in [1.807, 2.05) is 0 Å². The van der Waals surface area contributed by atoms with Crippen LogP contribution in [0.4, 0.5) is 0 Å². The quantitative estimate of drug-likeness (QED) is 0.213. The number of nitrogens with one attached hydrogen (secondary N) is 2. The maximum absolute atomic E-state index is 14.3. The van der Waals surface area contributed by atoms with Crippen molar-refractivity contribution in [1.82, 2.24) is 15.1 Å². The normalized spacial score (nSPS) is 22.2. The molecule has 43 heavy (non-hydrogen) atoms. The van der Waals surface area contributed by atoms with Gasteiger partial charge in [0, 0.05) is 39.3 Å². The van der Waals surface area contributed by atoms with Crippen LogP contribution in [0.25, 0.3) is 0 Å². The maximum atomic E-state index is 14.3. The van der Waals surface area contributed by atoms with Gasteiger partial charge in [0.15, 0.2) is 12.8 Å². The van der Waals surface area contributed by atoms with Gasteiger partial charge in [-0.05, 0) is 55.2 Å². The summed E-state index contributed by atoms with van der Waals surface area (Å²) in [4.78, 5) is 35.5. The number of amides is 2. The van der Waals surface area contributed by atoms with E-state index in [0.29, 0.717) is 45.0 Å². The summed E-state index contributed by atoms with van der Waals surface area (Å²) in [6, 6.07) is 13.0. The predicted molar refractivity (Wildman–Crippen MR) is 162 cm³/mol. The second kappa shape index (κ2) is 12.8. The lowest BCUT2D eigenvalue weighted by Crippen LogP contribution is -2.59. The lowest BCUT2D eigenvalue weighted by atomic mass is 9.76. The molecule has 0 saturated heterocycles. The average molecular weight is 648 g/mol. The van der Waals surface area contributed by atoms with Gasteiger partial charge >= 0.3 is 0 Å². The Morgan fingerprint density at radius 1 is 1.09 bits per heavy atom. The van der Waals surface area contributed by atoms with Gasteiger partial charge < -0.3 is 10.1 Å². The molecule has 1 saturated carbocycles. The van der Waals surface area contributed by atoms with Crippen LogP contribution in [0.1, 0.15) is 70.4 Å². The first kappa shape index (κ1) is 31.2. The van der Waals surface area contributed by atoms with Crippen molar-refractivity contribution in [2.75, 3.05) is 6.26 Å². The molecule has 1 unspecified atom stereocenters. The third kappa shape index (κ3) is 6.81.